The van der Waals surface area contributed by atoms with Crippen molar-refractivity contribution in [2.24, 2.45) is 7.05 Å². The minimum Gasteiger partial charge on any atom is -0.268 e. The molecule has 0 amide bonds. The largest absolute Gasteiger partial charge is 0.268 e. The molecule has 0 saturated carbocycles. The second-order valence-electron chi connectivity index (χ2n) is 5.23. The molecule has 0 N–H and O–H groups in total. The number of hydrogen-bond acceptors (Lipinski definition) is 1. The Labute approximate surface area is 133 Å². The van der Waals surface area contributed by atoms with Crippen molar-refractivity contribution in [2.75, 3.05) is 0 Å². The third-order valence-corrected chi connectivity index (χ3v) is 4.08. The third-order valence-electron chi connectivity index (χ3n) is 3.77. The molecule has 0 radical (unpaired) electrons. The molecule has 0 unspecified atom stereocenters. The van der Waals surface area contributed by atoms with Gasteiger partial charge in [0.05, 0.1) is 16.7 Å². The van der Waals surface area contributed by atoms with Crippen LogP contribution in [0.4, 0.5) is 4.39 Å². The highest BCUT2D eigenvalue weighted by Gasteiger charge is 2.07. The summed E-state index contributed by atoms with van der Waals surface area (Å²) in [6.45, 7) is 2.06. The van der Waals surface area contributed by atoms with Crippen LogP contribution in [0.5, 0.6) is 0 Å². The lowest BCUT2D eigenvalue weighted by Gasteiger charge is -2.08. The molecule has 0 atom stereocenters. The number of fused-ring (bicyclic) bond motifs is 1. The second-order valence-corrected chi connectivity index (χ2v) is 5.64. The maximum atomic E-state index is 13.2. The van der Waals surface area contributed by atoms with Crippen molar-refractivity contribution >= 4 is 34.2 Å². The molecule has 1 heterocycles. The molecule has 1 aromatic heterocycles. The first-order valence-electron chi connectivity index (χ1n) is 7.16. The highest BCUT2D eigenvalue weighted by atomic mass is 35.5. The zero-order valence-electron chi connectivity index (χ0n) is 12.5. The van der Waals surface area contributed by atoms with Crippen LogP contribution in [0, 0.1) is 5.82 Å². The second kappa shape index (κ2) is 5.93. The van der Waals surface area contributed by atoms with Gasteiger partial charge in [0, 0.05) is 12.4 Å². The number of rotatable bonds is 3. The van der Waals surface area contributed by atoms with E-state index in [9.17, 15) is 4.39 Å². The molecule has 112 valence electrons. The van der Waals surface area contributed by atoms with Crippen molar-refractivity contribution in [1.82, 2.24) is 9.78 Å². The fraction of sp³-hybridized carbons (Fsp3) is 0.167. The lowest BCUT2D eigenvalue weighted by molar-refractivity contribution is 0.628. The molecule has 0 aliphatic rings. The van der Waals surface area contributed by atoms with Gasteiger partial charge in [0.1, 0.15) is 5.82 Å². The Morgan fingerprint density at radius 3 is 2.82 bits per heavy atom. The van der Waals surface area contributed by atoms with Crippen LogP contribution < -0.4 is 0 Å². The standard InChI is InChI=1S/C18H16ClFN2/c1-3-13(16-6-5-15(20)10-17(16)19)8-12-4-7-18-14(9-12)11-21-22(18)2/h4-11H,3H2,1-2H3/b13-8+. The minimum absolute atomic E-state index is 0.319. The van der Waals surface area contributed by atoms with Crippen LogP contribution in [0.2, 0.25) is 5.02 Å². The summed E-state index contributed by atoms with van der Waals surface area (Å²) in [6, 6.07) is 10.7. The first-order chi connectivity index (χ1) is 10.6. The van der Waals surface area contributed by atoms with E-state index in [4.69, 9.17) is 11.6 Å². The van der Waals surface area contributed by atoms with Gasteiger partial charge in [-0.2, -0.15) is 5.10 Å². The van der Waals surface area contributed by atoms with Crippen LogP contribution in [-0.4, -0.2) is 9.78 Å². The summed E-state index contributed by atoms with van der Waals surface area (Å²) < 4.78 is 15.1. The summed E-state index contributed by atoms with van der Waals surface area (Å²) >= 11 is 6.17. The number of allylic oxidation sites excluding steroid dienone is 1. The van der Waals surface area contributed by atoms with Crippen molar-refractivity contribution in [1.29, 1.82) is 0 Å². The van der Waals surface area contributed by atoms with E-state index in [1.54, 1.807) is 6.07 Å². The number of hydrogen-bond donors (Lipinski definition) is 0. The molecule has 0 aliphatic carbocycles. The van der Waals surface area contributed by atoms with Crippen molar-refractivity contribution in [3.05, 3.63) is 64.6 Å². The van der Waals surface area contributed by atoms with Crippen LogP contribution in [0.15, 0.2) is 42.6 Å². The Morgan fingerprint density at radius 2 is 2.09 bits per heavy atom. The number of nitrogens with zero attached hydrogens (tertiary/aromatic N) is 2. The quantitative estimate of drug-likeness (QED) is 0.598. The van der Waals surface area contributed by atoms with E-state index in [2.05, 4.69) is 30.2 Å². The van der Waals surface area contributed by atoms with Gasteiger partial charge in [-0.25, -0.2) is 4.39 Å². The summed E-state index contributed by atoms with van der Waals surface area (Å²) in [5.41, 5.74) is 4.12. The summed E-state index contributed by atoms with van der Waals surface area (Å²) in [5, 5.41) is 5.79. The topological polar surface area (TPSA) is 17.8 Å². The average Bonchev–Trinajstić information content (AvgIpc) is 2.86. The van der Waals surface area contributed by atoms with Gasteiger partial charge in [0.15, 0.2) is 0 Å². The number of halogens is 2. The van der Waals surface area contributed by atoms with Gasteiger partial charge in [-0.3, -0.25) is 4.68 Å². The van der Waals surface area contributed by atoms with Crippen molar-refractivity contribution in [3.63, 3.8) is 0 Å². The zero-order chi connectivity index (χ0) is 15.7. The smallest absolute Gasteiger partial charge is 0.124 e. The molecular weight excluding hydrogens is 299 g/mol. The lowest BCUT2D eigenvalue weighted by Crippen LogP contribution is -1.89. The maximum Gasteiger partial charge on any atom is 0.124 e. The summed E-state index contributed by atoms with van der Waals surface area (Å²) in [7, 11) is 1.92. The Kier molecular flexibility index (Phi) is 3.99. The van der Waals surface area contributed by atoms with Gasteiger partial charge < -0.3 is 0 Å². The van der Waals surface area contributed by atoms with E-state index in [-0.39, 0.29) is 5.82 Å². The van der Waals surface area contributed by atoms with E-state index >= 15 is 0 Å². The molecule has 22 heavy (non-hydrogen) atoms. The molecule has 0 fully saturated rings. The van der Waals surface area contributed by atoms with Gasteiger partial charge in [0.25, 0.3) is 0 Å². The molecule has 0 bridgehead atoms. The maximum absolute atomic E-state index is 13.2. The fourth-order valence-corrected chi connectivity index (χ4v) is 2.88. The molecule has 2 aromatic carbocycles. The monoisotopic (exact) mass is 314 g/mol. The highest BCUT2D eigenvalue weighted by Crippen LogP contribution is 2.29. The van der Waals surface area contributed by atoms with Crippen LogP contribution in [0.3, 0.4) is 0 Å². The Hall–Kier alpha value is -2.13. The van der Waals surface area contributed by atoms with Crippen LogP contribution >= 0.6 is 11.6 Å². The highest BCUT2D eigenvalue weighted by molar-refractivity contribution is 6.32. The molecular formula is C18H16ClFN2. The molecule has 0 saturated heterocycles. The molecule has 4 heteroatoms. The van der Waals surface area contributed by atoms with E-state index in [0.29, 0.717) is 5.02 Å². The number of aryl methyl sites for hydroxylation is 1. The van der Waals surface area contributed by atoms with Crippen molar-refractivity contribution < 1.29 is 4.39 Å². The molecule has 3 aromatic rings. The molecule has 3 rings (SSSR count). The molecule has 0 aliphatic heterocycles. The van der Waals surface area contributed by atoms with Gasteiger partial charge in [-0.05, 0) is 47.4 Å². The predicted molar refractivity (Wildman–Crippen MR) is 90.3 cm³/mol. The van der Waals surface area contributed by atoms with Gasteiger partial charge in [-0.1, -0.05) is 36.7 Å². The number of benzene rings is 2. The first kappa shape index (κ1) is 14.8. The van der Waals surface area contributed by atoms with E-state index in [0.717, 1.165) is 34.0 Å². The normalized spacial score (nSPS) is 12.1. The van der Waals surface area contributed by atoms with E-state index in [1.165, 1.54) is 12.1 Å². The van der Waals surface area contributed by atoms with E-state index < -0.39 is 0 Å². The molecule has 2 nitrogen and oxygen atoms in total. The molecule has 0 spiro atoms. The van der Waals surface area contributed by atoms with Crippen LogP contribution in [-0.2, 0) is 7.05 Å². The van der Waals surface area contributed by atoms with Crippen LogP contribution in [0.1, 0.15) is 24.5 Å². The average molecular weight is 315 g/mol. The van der Waals surface area contributed by atoms with Gasteiger partial charge >= 0.3 is 0 Å². The van der Waals surface area contributed by atoms with Crippen molar-refractivity contribution in [2.45, 2.75) is 13.3 Å². The van der Waals surface area contributed by atoms with E-state index in [1.807, 2.05) is 24.0 Å². The van der Waals surface area contributed by atoms with Crippen molar-refractivity contribution in [3.8, 4) is 0 Å². The predicted octanol–water partition coefficient (Wildman–Crippen LogP) is 5.32. The Balaban J connectivity index is 2.05. The third kappa shape index (κ3) is 2.77. The van der Waals surface area contributed by atoms with Crippen LogP contribution in [0.25, 0.3) is 22.6 Å². The van der Waals surface area contributed by atoms with Gasteiger partial charge in [0.2, 0.25) is 0 Å². The lowest BCUT2D eigenvalue weighted by atomic mass is 10.00. The zero-order valence-corrected chi connectivity index (χ0v) is 13.2. The Bertz CT molecular complexity index is 865. The fourth-order valence-electron chi connectivity index (χ4n) is 2.59. The van der Waals surface area contributed by atoms with Gasteiger partial charge in [-0.15, -0.1) is 0 Å². The number of aromatic nitrogens is 2. The summed E-state index contributed by atoms with van der Waals surface area (Å²) in [5.74, 6) is -0.319. The first-order valence-corrected chi connectivity index (χ1v) is 7.54. The SMILES string of the molecule is CC/C(=C\c1ccc2c(cnn2C)c1)c1ccc(F)cc1Cl. The minimum atomic E-state index is -0.319. The summed E-state index contributed by atoms with van der Waals surface area (Å²) in [6.07, 6.45) is 4.76. The Morgan fingerprint density at radius 1 is 1.27 bits per heavy atom. The summed E-state index contributed by atoms with van der Waals surface area (Å²) in [4.78, 5) is 0.